The third-order valence-electron chi connectivity index (χ3n) is 4.01. The number of ether oxygens (including phenoxy) is 2. The zero-order valence-corrected chi connectivity index (χ0v) is 15.8. The molecule has 21 heavy (non-hydrogen) atoms. The van der Waals surface area contributed by atoms with Gasteiger partial charge in [0.2, 0.25) is 0 Å². The largest absolute Gasteiger partial charge is 0.496 e. The van der Waals surface area contributed by atoms with E-state index < -0.39 is 0 Å². The van der Waals surface area contributed by atoms with E-state index in [9.17, 15) is 0 Å². The second-order valence-electron chi connectivity index (χ2n) is 5.68. The van der Waals surface area contributed by atoms with E-state index >= 15 is 0 Å². The fraction of sp³-hybridized carbons (Fsp3) is 0.625. The molecule has 0 bridgehead atoms. The molecule has 1 aliphatic rings. The van der Waals surface area contributed by atoms with Crippen LogP contribution in [0.1, 0.15) is 32.6 Å². The molecule has 1 aliphatic carbocycles. The first kappa shape index (κ1) is 17.1. The summed E-state index contributed by atoms with van der Waals surface area (Å²) in [6.45, 7) is 3.90. The van der Waals surface area contributed by atoms with Crippen LogP contribution in [0.25, 0.3) is 0 Å². The summed E-state index contributed by atoms with van der Waals surface area (Å²) in [4.78, 5) is 0. The summed E-state index contributed by atoms with van der Waals surface area (Å²) in [5, 5.41) is 3.59. The van der Waals surface area contributed by atoms with Gasteiger partial charge in [0.05, 0.1) is 16.1 Å². The lowest BCUT2D eigenvalue weighted by atomic mass is 9.87. The smallest absolute Gasteiger partial charge is 0.134 e. The molecule has 5 heteroatoms. The fourth-order valence-electron chi connectivity index (χ4n) is 2.67. The van der Waals surface area contributed by atoms with Gasteiger partial charge in [-0.15, -0.1) is 0 Å². The Bertz CT molecular complexity index is 460. The molecule has 0 spiro atoms. The van der Waals surface area contributed by atoms with Crippen molar-refractivity contribution in [3.63, 3.8) is 0 Å². The van der Waals surface area contributed by atoms with Crippen LogP contribution in [-0.2, 0) is 0 Å². The minimum Gasteiger partial charge on any atom is -0.496 e. The van der Waals surface area contributed by atoms with Gasteiger partial charge in [0.15, 0.2) is 0 Å². The molecule has 0 aromatic heterocycles. The van der Waals surface area contributed by atoms with E-state index in [0.717, 1.165) is 32.9 Å². The van der Waals surface area contributed by atoms with Crippen molar-refractivity contribution >= 4 is 31.9 Å². The van der Waals surface area contributed by atoms with Gasteiger partial charge in [-0.05, 0) is 75.6 Å². The highest BCUT2D eigenvalue weighted by Crippen LogP contribution is 2.35. The van der Waals surface area contributed by atoms with Gasteiger partial charge in [0.25, 0.3) is 0 Å². The highest BCUT2D eigenvalue weighted by Gasteiger charge is 2.17. The van der Waals surface area contributed by atoms with Crippen LogP contribution in [-0.4, -0.2) is 26.3 Å². The predicted molar refractivity (Wildman–Crippen MR) is 93.3 cm³/mol. The molecule has 1 N–H and O–H groups in total. The minimum atomic E-state index is 0.663. The lowest BCUT2D eigenvalue weighted by Gasteiger charge is -2.27. The van der Waals surface area contributed by atoms with Gasteiger partial charge < -0.3 is 14.8 Å². The van der Waals surface area contributed by atoms with Gasteiger partial charge in [0, 0.05) is 12.6 Å². The number of nitrogens with one attached hydrogen (secondary N) is 1. The van der Waals surface area contributed by atoms with Gasteiger partial charge in [-0.25, -0.2) is 0 Å². The summed E-state index contributed by atoms with van der Waals surface area (Å²) in [7, 11) is 1.65. The van der Waals surface area contributed by atoms with Crippen LogP contribution in [0.3, 0.4) is 0 Å². The predicted octanol–water partition coefficient (Wildman–Crippen LogP) is 4.77. The maximum atomic E-state index is 5.83. The van der Waals surface area contributed by atoms with Crippen molar-refractivity contribution in [1.29, 1.82) is 0 Å². The van der Waals surface area contributed by atoms with Crippen LogP contribution in [0, 0.1) is 5.92 Å². The van der Waals surface area contributed by atoms with Crippen LogP contribution in [0.15, 0.2) is 21.1 Å². The Labute approximate surface area is 144 Å². The van der Waals surface area contributed by atoms with Crippen LogP contribution in [0.5, 0.6) is 11.5 Å². The van der Waals surface area contributed by atoms with Crippen LogP contribution < -0.4 is 14.8 Å². The standard InChI is InChI=1S/C16H23Br2NO2/c1-11-3-5-12(6-4-11)19-7-8-21-16-10-13(17)15(20-2)9-14(16)18/h9-12,19H,3-8H2,1-2H3. The van der Waals surface area contributed by atoms with E-state index in [1.165, 1.54) is 25.7 Å². The first-order valence-electron chi connectivity index (χ1n) is 7.49. The van der Waals surface area contributed by atoms with Crippen LogP contribution in [0.2, 0.25) is 0 Å². The fourth-order valence-corrected chi connectivity index (χ4v) is 3.59. The number of rotatable bonds is 6. The minimum absolute atomic E-state index is 0.663. The van der Waals surface area contributed by atoms with Crippen molar-refractivity contribution in [2.45, 2.75) is 38.6 Å². The molecule has 0 radical (unpaired) electrons. The monoisotopic (exact) mass is 419 g/mol. The summed E-state index contributed by atoms with van der Waals surface area (Å²) in [5.41, 5.74) is 0. The first-order chi connectivity index (χ1) is 10.1. The van der Waals surface area contributed by atoms with Crippen molar-refractivity contribution in [2.75, 3.05) is 20.3 Å². The second kappa shape index (κ2) is 8.39. The highest BCUT2D eigenvalue weighted by atomic mass is 79.9. The Kier molecular flexibility index (Phi) is 6.83. The van der Waals surface area contributed by atoms with Crippen LogP contribution in [0.4, 0.5) is 0 Å². The molecule has 1 aromatic carbocycles. The lowest BCUT2D eigenvalue weighted by molar-refractivity contribution is 0.269. The molecule has 3 nitrogen and oxygen atoms in total. The molecule has 0 saturated heterocycles. The summed E-state index contributed by atoms with van der Waals surface area (Å²) in [6, 6.07) is 4.51. The Morgan fingerprint density at radius 2 is 1.71 bits per heavy atom. The average Bonchev–Trinajstić information content (AvgIpc) is 2.48. The molecule has 1 fully saturated rings. The quantitative estimate of drug-likeness (QED) is 0.672. The second-order valence-corrected chi connectivity index (χ2v) is 7.39. The SMILES string of the molecule is COc1cc(Br)c(OCCNC2CCC(C)CC2)cc1Br. The third kappa shape index (κ3) is 5.15. The van der Waals surface area contributed by atoms with Gasteiger partial charge >= 0.3 is 0 Å². The van der Waals surface area contributed by atoms with E-state index in [4.69, 9.17) is 9.47 Å². The van der Waals surface area contributed by atoms with Crippen molar-refractivity contribution in [2.24, 2.45) is 5.92 Å². The van der Waals surface area contributed by atoms with Gasteiger partial charge in [-0.3, -0.25) is 0 Å². The molecule has 0 atom stereocenters. The third-order valence-corrected chi connectivity index (χ3v) is 5.25. The maximum absolute atomic E-state index is 5.83. The Balaban J connectivity index is 1.75. The lowest BCUT2D eigenvalue weighted by Crippen LogP contribution is -2.35. The molecular weight excluding hydrogens is 398 g/mol. The van der Waals surface area contributed by atoms with Gasteiger partial charge in [-0.1, -0.05) is 6.92 Å². The number of methoxy groups -OCH3 is 1. The Morgan fingerprint density at radius 1 is 1.10 bits per heavy atom. The molecule has 0 aliphatic heterocycles. The molecule has 118 valence electrons. The molecular formula is C16H23Br2NO2. The summed E-state index contributed by atoms with van der Waals surface area (Å²) in [6.07, 6.45) is 5.27. The van der Waals surface area contributed by atoms with Crippen molar-refractivity contribution in [3.8, 4) is 11.5 Å². The summed E-state index contributed by atoms with van der Waals surface area (Å²) in [5.74, 6) is 2.53. The van der Waals surface area contributed by atoms with E-state index in [0.29, 0.717) is 12.6 Å². The van der Waals surface area contributed by atoms with Gasteiger partial charge in [0.1, 0.15) is 18.1 Å². The molecule has 0 unspecified atom stereocenters. The van der Waals surface area contributed by atoms with Crippen molar-refractivity contribution < 1.29 is 9.47 Å². The summed E-state index contributed by atoms with van der Waals surface area (Å²) < 4.78 is 12.9. The first-order valence-corrected chi connectivity index (χ1v) is 9.08. The van der Waals surface area contributed by atoms with E-state index in [1.807, 2.05) is 12.1 Å². The van der Waals surface area contributed by atoms with Gasteiger partial charge in [-0.2, -0.15) is 0 Å². The molecule has 0 amide bonds. The van der Waals surface area contributed by atoms with Crippen molar-refractivity contribution in [1.82, 2.24) is 5.32 Å². The summed E-state index contributed by atoms with van der Waals surface area (Å²) >= 11 is 6.99. The Morgan fingerprint density at radius 3 is 2.38 bits per heavy atom. The molecule has 2 rings (SSSR count). The molecule has 1 aromatic rings. The maximum Gasteiger partial charge on any atom is 0.134 e. The Hall–Kier alpha value is -0.260. The molecule has 0 heterocycles. The van der Waals surface area contributed by atoms with Crippen LogP contribution >= 0.6 is 31.9 Å². The number of benzene rings is 1. The molecule has 1 saturated carbocycles. The number of hydrogen-bond donors (Lipinski definition) is 1. The number of hydrogen-bond acceptors (Lipinski definition) is 3. The average molecular weight is 421 g/mol. The van der Waals surface area contributed by atoms with Crippen molar-refractivity contribution in [3.05, 3.63) is 21.1 Å². The van der Waals surface area contributed by atoms with E-state index in [2.05, 4.69) is 44.1 Å². The number of halogens is 2. The van der Waals surface area contributed by atoms with E-state index in [1.54, 1.807) is 7.11 Å². The zero-order chi connectivity index (χ0) is 15.2. The highest BCUT2D eigenvalue weighted by molar-refractivity contribution is 9.11. The zero-order valence-electron chi connectivity index (χ0n) is 12.6. The van der Waals surface area contributed by atoms with E-state index in [-0.39, 0.29) is 0 Å². The normalized spacial score (nSPS) is 22.1. The topological polar surface area (TPSA) is 30.5 Å².